The lowest BCUT2D eigenvalue weighted by molar-refractivity contribution is -0.105. The molecule has 0 aromatic heterocycles. The highest BCUT2D eigenvalue weighted by Gasteiger charge is 2.20. The molecule has 16 heavy (non-hydrogen) atoms. The van der Waals surface area contributed by atoms with Gasteiger partial charge in [0.2, 0.25) is 0 Å². The molecule has 1 nitrogen and oxygen atoms in total. The molecule has 0 N–H and O–H groups in total. The molecule has 0 radical (unpaired) electrons. The van der Waals surface area contributed by atoms with E-state index in [4.69, 9.17) is 0 Å². The highest BCUT2D eigenvalue weighted by atomic mass is 79.9. The summed E-state index contributed by atoms with van der Waals surface area (Å²) in [5.74, 6) is 0. The summed E-state index contributed by atoms with van der Waals surface area (Å²) in [4.78, 5) is 10.9. The van der Waals surface area contributed by atoms with Crippen molar-refractivity contribution in [3.63, 3.8) is 0 Å². The Bertz CT molecular complexity index is 371. The van der Waals surface area contributed by atoms with Crippen molar-refractivity contribution in [2.45, 2.75) is 19.5 Å². The highest BCUT2D eigenvalue weighted by molar-refractivity contribution is 9.09. The molecule has 0 fully saturated rings. The number of hydrogen-bond donors (Lipinski definition) is 0. The Labute approximate surface area is 107 Å². The zero-order chi connectivity index (χ0) is 12.0. The molecule has 0 atom stereocenters. The van der Waals surface area contributed by atoms with E-state index in [9.17, 15) is 4.79 Å². The van der Waals surface area contributed by atoms with Crippen LogP contribution in [-0.2, 0) is 4.79 Å². The van der Waals surface area contributed by atoms with Crippen LogP contribution in [0.1, 0.15) is 6.42 Å². The first-order chi connectivity index (χ1) is 7.60. The van der Waals surface area contributed by atoms with Crippen molar-refractivity contribution in [3.8, 4) is 0 Å². The molecule has 0 bridgehead atoms. The maximum absolute atomic E-state index is 10.9. The van der Waals surface area contributed by atoms with Crippen LogP contribution in [0.2, 0.25) is 13.1 Å². The summed E-state index contributed by atoms with van der Waals surface area (Å²) in [7, 11) is -1.61. The Kier molecular flexibility index (Phi) is 5.15. The van der Waals surface area contributed by atoms with Crippen molar-refractivity contribution in [3.05, 3.63) is 41.6 Å². The molecule has 0 saturated heterocycles. The molecular weight excluding hydrogens is 280 g/mol. The van der Waals surface area contributed by atoms with Crippen LogP contribution in [0.3, 0.4) is 0 Å². The van der Waals surface area contributed by atoms with Gasteiger partial charge < -0.3 is 0 Å². The van der Waals surface area contributed by atoms with Gasteiger partial charge in [0, 0.05) is 5.33 Å². The molecule has 0 aliphatic carbocycles. The number of benzene rings is 1. The maximum atomic E-state index is 10.9. The van der Waals surface area contributed by atoms with E-state index in [1.807, 2.05) is 6.07 Å². The van der Waals surface area contributed by atoms with Crippen molar-refractivity contribution in [1.82, 2.24) is 0 Å². The van der Waals surface area contributed by atoms with Crippen molar-refractivity contribution in [1.29, 1.82) is 0 Å². The van der Waals surface area contributed by atoms with Crippen LogP contribution < -0.4 is 5.19 Å². The van der Waals surface area contributed by atoms with Crippen molar-refractivity contribution in [2.24, 2.45) is 0 Å². The van der Waals surface area contributed by atoms with Gasteiger partial charge in [0.15, 0.2) is 0 Å². The second-order valence-corrected chi connectivity index (χ2v) is 9.47. The van der Waals surface area contributed by atoms with E-state index >= 15 is 0 Å². The second-order valence-electron chi connectivity index (χ2n) is 4.36. The lowest BCUT2D eigenvalue weighted by atomic mass is 10.3. The maximum Gasteiger partial charge on any atom is 0.145 e. The Morgan fingerprint density at radius 2 is 1.94 bits per heavy atom. The van der Waals surface area contributed by atoms with Crippen LogP contribution >= 0.6 is 15.9 Å². The number of allylic oxidation sites excluding steroid dienone is 1. The summed E-state index contributed by atoms with van der Waals surface area (Å²) in [5, 5.41) is 2.21. The van der Waals surface area contributed by atoms with Crippen LogP contribution in [0.25, 0.3) is 0 Å². The lowest BCUT2D eigenvalue weighted by Crippen LogP contribution is -2.39. The van der Waals surface area contributed by atoms with Gasteiger partial charge in [-0.1, -0.05) is 70.2 Å². The Morgan fingerprint density at radius 1 is 1.31 bits per heavy atom. The molecule has 0 heterocycles. The average molecular weight is 297 g/mol. The van der Waals surface area contributed by atoms with Crippen LogP contribution in [0, 0.1) is 0 Å². The molecular formula is C13H17BrOSi. The van der Waals surface area contributed by atoms with Crippen LogP contribution in [0.5, 0.6) is 0 Å². The lowest BCUT2D eigenvalue weighted by Gasteiger charge is -2.19. The molecule has 3 heteroatoms. The third-order valence-corrected chi connectivity index (χ3v) is 5.91. The van der Waals surface area contributed by atoms with Crippen molar-refractivity contribution >= 4 is 35.5 Å². The molecule has 1 aromatic carbocycles. The third kappa shape index (κ3) is 3.72. The minimum atomic E-state index is -1.61. The van der Waals surface area contributed by atoms with E-state index in [0.717, 1.165) is 23.6 Å². The SMILES string of the molecule is C[Si](C)(/C=C(\C=O)CCBr)c1ccccc1. The molecule has 0 spiro atoms. The summed E-state index contributed by atoms with van der Waals surface area (Å²) in [6.07, 6.45) is 1.80. The fourth-order valence-electron chi connectivity index (χ4n) is 1.69. The molecule has 1 aromatic rings. The van der Waals surface area contributed by atoms with E-state index in [1.54, 1.807) is 0 Å². The summed E-state index contributed by atoms with van der Waals surface area (Å²) in [5.41, 5.74) is 3.11. The smallest absolute Gasteiger partial charge is 0.145 e. The second kappa shape index (κ2) is 6.16. The first-order valence-corrected chi connectivity index (χ1v) is 9.58. The van der Waals surface area contributed by atoms with Gasteiger partial charge in [-0.05, 0) is 12.0 Å². The quantitative estimate of drug-likeness (QED) is 0.353. The van der Waals surface area contributed by atoms with Crippen LogP contribution in [0.15, 0.2) is 41.6 Å². The first-order valence-electron chi connectivity index (χ1n) is 5.38. The van der Waals surface area contributed by atoms with Gasteiger partial charge in [-0.2, -0.15) is 0 Å². The number of aldehydes is 1. The largest absolute Gasteiger partial charge is 0.298 e. The summed E-state index contributed by atoms with van der Waals surface area (Å²) in [6, 6.07) is 10.4. The predicted molar refractivity (Wildman–Crippen MR) is 76.1 cm³/mol. The molecule has 0 aliphatic rings. The van der Waals surface area contributed by atoms with Crippen LogP contribution in [-0.4, -0.2) is 19.7 Å². The van der Waals surface area contributed by atoms with Gasteiger partial charge in [-0.25, -0.2) is 0 Å². The van der Waals surface area contributed by atoms with E-state index < -0.39 is 8.07 Å². The zero-order valence-corrected chi connectivity index (χ0v) is 12.3. The first kappa shape index (κ1) is 13.4. The zero-order valence-electron chi connectivity index (χ0n) is 9.74. The normalized spacial score (nSPS) is 12.6. The predicted octanol–water partition coefficient (Wildman–Crippen LogP) is 3.05. The van der Waals surface area contributed by atoms with Gasteiger partial charge in [0.1, 0.15) is 14.4 Å². The van der Waals surface area contributed by atoms with E-state index in [0.29, 0.717) is 0 Å². The van der Waals surface area contributed by atoms with Crippen molar-refractivity contribution < 1.29 is 4.79 Å². The van der Waals surface area contributed by atoms with E-state index in [-0.39, 0.29) is 0 Å². The highest BCUT2D eigenvalue weighted by Crippen LogP contribution is 2.10. The summed E-state index contributed by atoms with van der Waals surface area (Å²) < 4.78 is 0. The fraction of sp³-hybridized carbons (Fsp3) is 0.308. The Balaban J connectivity index is 2.97. The molecule has 0 saturated carbocycles. The van der Waals surface area contributed by atoms with Gasteiger partial charge in [-0.3, -0.25) is 4.79 Å². The topological polar surface area (TPSA) is 17.1 Å². The number of rotatable bonds is 5. The standard InChI is InChI=1S/C13H17BrOSi/c1-16(2,11-12(10-15)8-9-14)13-6-4-3-5-7-13/h3-7,10-11H,8-9H2,1-2H3/b12-11-. The van der Waals surface area contributed by atoms with E-state index in [2.05, 4.69) is 59.0 Å². The molecule has 0 unspecified atom stereocenters. The number of carbonyl (C=O) groups is 1. The minimum Gasteiger partial charge on any atom is -0.298 e. The van der Waals surface area contributed by atoms with Gasteiger partial charge in [0.05, 0.1) is 0 Å². The van der Waals surface area contributed by atoms with Gasteiger partial charge in [0.25, 0.3) is 0 Å². The summed E-state index contributed by atoms with van der Waals surface area (Å²) >= 11 is 3.37. The Morgan fingerprint density at radius 3 is 2.44 bits per heavy atom. The number of alkyl halides is 1. The van der Waals surface area contributed by atoms with E-state index in [1.165, 1.54) is 5.19 Å². The molecule has 86 valence electrons. The van der Waals surface area contributed by atoms with Gasteiger partial charge in [-0.15, -0.1) is 0 Å². The average Bonchev–Trinajstić information content (AvgIpc) is 2.29. The van der Waals surface area contributed by atoms with Gasteiger partial charge >= 0.3 is 0 Å². The number of hydrogen-bond acceptors (Lipinski definition) is 1. The molecule has 0 aliphatic heterocycles. The Hall–Kier alpha value is -0.673. The molecule has 1 rings (SSSR count). The summed E-state index contributed by atoms with van der Waals surface area (Å²) in [6.45, 7) is 4.53. The number of halogens is 1. The van der Waals surface area contributed by atoms with Crippen LogP contribution in [0.4, 0.5) is 0 Å². The number of carbonyl (C=O) groups excluding carboxylic acids is 1. The minimum absolute atomic E-state index is 0.812. The van der Waals surface area contributed by atoms with Crippen molar-refractivity contribution in [2.75, 3.05) is 5.33 Å². The fourth-order valence-corrected chi connectivity index (χ4v) is 4.50. The molecule has 0 amide bonds. The third-order valence-electron chi connectivity index (χ3n) is 2.60. The monoisotopic (exact) mass is 296 g/mol.